The maximum atomic E-state index is 11.7. The summed E-state index contributed by atoms with van der Waals surface area (Å²) in [7, 11) is 0. The molecule has 78 valence electrons. The first-order valence-corrected chi connectivity index (χ1v) is 6.00. The lowest BCUT2D eigenvalue weighted by Crippen LogP contribution is -2.41. The van der Waals surface area contributed by atoms with Crippen LogP contribution in [-0.2, 0) is 4.79 Å². The molecule has 0 unspecified atom stereocenters. The van der Waals surface area contributed by atoms with Crippen molar-refractivity contribution in [3.05, 3.63) is 0 Å². The van der Waals surface area contributed by atoms with Crippen LogP contribution in [-0.4, -0.2) is 28.2 Å². The zero-order chi connectivity index (χ0) is 10.4. The van der Waals surface area contributed by atoms with E-state index in [9.17, 15) is 4.79 Å². The van der Waals surface area contributed by atoms with Crippen molar-refractivity contribution in [1.82, 2.24) is 4.90 Å². The van der Waals surface area contributed by atoms with Crippen LogP contribution >= 0.6 is 15.9 Å². The molecule has 0 aromatic carbocycles. The van der Waals surface area contributed by atoms with E-state index in [0.717, 1.165) is 11.8 Å². The molecule has 0 aromatic rings. The van der Waals surface area contributed by atoms with Gasteiger partial charge in [-0.05, 0) is 34.1 Å². The molecular weight excluding hydrogens is 230 g/mol. The van der Waals surface area contributed by atoms with Crippen LogP contribution in [0.25, 0.3) is 0 Å². The van der Waals surface area contributed by atoms with E-state index in [1.807, 2.05) is 4.90 Å². The highest BCUT2D eigenvalue weighted by atomic mass is 79.9. The van der Waals surface area contributed by atoms with Crippen molar-refractivity contribution in [2.45, 2.75) is 52.6 Å². The van der Waals surface area contributed by atoms with Gasteiger partial charge in [-0.15, -0.1) is 0 Å². The molecule has 0 heterocycles. The minimum Gasteiger partial charge on any atom is -0.338 e. The summed E-state index contributed by atoms with van der Waals surface area (Å²) in [5.74, 6) is 0.268. The van der Waals surface area contributed by atoms with E-state index in [-0.39, 0.29) is 5.91 Å². The molecule has 0 saturated heterocycles. The van der Waals surface area contributed by atoms with Crippen LogP contribution in [0.5, 0.6) is 0 Å². The fourth-order valence-electron chi connectivity index (χ4n) is 1.52. The summed E-state index contributed by atoms with van der Waals surface area (Å²) < 4.78 is 0. The van der Waals surface area contributed by atoms with Crippen molar-refractivity contribution in [3.63, 3.8) is 0 Å². The lowest BCUT2D eigenvalue weighted by atomic mass is 10.2. The van der Waals surface area contributed by atoms with Crippen molar-refractivity contribution in [2.24, 2.45) is 0 Å². The van der Waals surface area contributed by atoms with E-state index in [1.165, 1.54) is 0 Å². The van der Waals surface area contributed by atoms with Crippen LogP contribution in [0.3, 0.4) is 0 Å². The third-order valence-electron chi connectivity index (χ3n) is 1.92. The van der Waals surface area contributed by atoms with Gasteiger partial charge in [0.2, 0.25) is 5.91 Å². The third-order valence-corrected chi connectivity index (χ3v) is 2.49. The Bertz CT molecular complexity index is 149. The molecule has 0 aliphatic rings. The normalized spacial score (nSPS) is 11.0. The minimum absolute atomic E-state index is 0.268. The smallest absolute Gasteiger partial charge is 0.223 e. The Labute approximate surface area is 89.8 Å². The predicted molar refractivity (Wildman–Crippen MR) is 60.1 cm³/mol. The van der Waals surface area contributed by atoms with E-state index in [2.05, 4.69) is 43.6 Å². The minimum atomic E-state index is 0.268. The van der Waals surface area contributed by atoms with Gasteiger partial charge < -0.3 is 4.90 Å². The van der Waals surface area contributed by atoms with Crippen molar-refractivity contribution in [1.29, 1.82) is 0 Å². The summed E-state index contributed by atoms with van der Waals surface area (Å²) in [6.45, 7) is 8.25. The van der Waals surface area contributed by atoms with Crippen LogP contribution in [0.1, 0.15) is 40.5 Å². The monoisotopic (exact) mass is 249 g/mol. The van der Waals surface area contributed by atoms with E-state index in [1.54, 1.807) is 0 Å². The van der Waals surface area contributed by atoms with Crippen LogP contribution in [0, 0.1) is 0 Å². The third kappa shape index (κ3) is 4.65. The molecule has 1 amide bonds. The Morgan fingerprint density at radius 3 is 2.00 bits per heavy atom. The van der Waals surface area contributed by atoms with Crippen LogP contribution in [0.4, 0.5) is 0 Å². The molecule has 0 aliphatic carbocycles. The SMILES string of the molecule is CC(C)N(C(=O)CCCBr)C(C)C. The molecule has 0 aliphatic heterocycles. The summed E-state index contributed by atoms with van der Waals surface area (Å²) in [5, 5.41) is 0.906. The van der Waals surface area contributed by atoms with Gasteiger partial charge in [0.15, 0.2) is 0 Å². The second-order valence-corrected chi connectivity index (χ2v) is 4.57. The largest absolute Gasteiger partial charge is 0.338 e. The van der Waals surface area contributed by atoms with Gasteiger partial charge in [-0.2, -0.15) is 0 Å². The van der Waals surface area contributed by atoms with Crippen LogP contribution < -0.4 is 0 Å². The fraction of sp³-hybridized carbons (Fsp3) is 0.900. The molecule has 0 radical (unpaired) electrons. The van der Waals surface area contributed by atoms with Gasteiger partial charge in [0, 0.05) is 23.8 Å². The molecule has 3 heteroatoms. The van der Waals surface area contributed by atoms with Gasteiger partial charge >= 0.3 is 0 Å². The van der Waals surface area contributed by atoms with Crippen molar-refractivity contribution >= 4 is 21.8 Å². The van der Waals surface area contributed by atoms with Crippen molar-refractivity contribution < 1.29 is 4.79 Å². The van der Waals surface area contributed by atoms with E-state index < -0.39 is 0 Å². The van der Waals surface area contributed by atoms with E-state index in [4.69, 9.17) is 0 Å². The fourth-order valence-corrected chi connectivity index (χ4v) is 1.80. The standard InChI is InChI=1S/C10H20BrNO/c1-8(2)12(9(3)4)10(13)6-5-7-11/h8-9H,5-7H2,1-4H3. The average molecular weight is 250 g/mol. The maximum absolute atomic E-state index is 11.7. The quantitative estimate of drug-likeness (QED) is 0.687. The summed E-state index contributed by atoms with van der Waals surface area (Å²) in [4.78, 5) is 13.6. The Balaban J connectivity index is 4.13. The van der Waals surface area contributed by atoms with Gasteiger partial charge in [-0.1, -0.05) is 15.9 Å². The molecule has 0 saturated carbocycles. The second kappa shape index (κ2) is 6.41. The topological polar surface area (TPSA) is 20.3 Å². The predicted octanol–water partition coefficient (Wildman–Crippen LogP) is 2.81. The van der Waals surface area contributed by atoms with Crippen molar-refractivity contribution in [3.8, 4) is 0 Å². The number of carbonyl (C=O) groups is 1. The Morgan fingerprint density at radius 2 is 1.69 bits per heavy atom. The summed E-state index contributed by atoms with van der Waals surface area (Å²) in [6.07, 6.45) is 1.58. The second-order valence-electron chi connectivity index (χ2n) is 3.78. The summed E-state index contributed by atoms with van der Waals surface area (Å²) in [6, 6.07) is 0.616. The number of rotatable bonds is 5. The zero-order valence-corrected chi connectivity index (χ0v) is 10.6. The molecule has 0 aromatic heterocycles. The highest BCUT2D eigenvalue weighted by molar-refractivity contribution is 9.09. The number of amides is 1. The highest BCUT2D eigenvalue weighted by Gasteiger charge is 2.18. The van der Waals surface area contributed by atoms with Crippen molar-refractivity contribution in [2.75, 3.05) is 5.33 Å². The molecule has 2 nitrogen and oxygen atoms in total. The average Bonchev–Trinajstić information content (AvgIpc) is 1.99. The number of nitrogens with zero attached hydrogens (tertiary/aromatic N) is 1. The van der Waals surface area contributed by atoms with Crippen LogP contribution in [0.2, 0.25) is 0 Å². The zero-order valence-electron chi connectivity index (χ0n) is 9.01. The number of hydrogen-bond acceptors (Lipinski definition) is 1. The highest BCUT2D eigenvalue weighted by Crippen LogP contribution is 2.09. The van der Waals surface area contributed by atoms with E-state index >= 15 is 0 Å². The first-order valence-electron chi connectivity index (χ1n) is 4.87. The lowest BCUT2D eigenvalue weighted by Gasteiger charge is -2.30. The lowest BCUT2D eigenvalue weighted by molar-refractivity contribution is -0.134. The molecule has 13 heavy (non-hydrogen) atoms. The molecule has 0 rings (SSSR count). The summed E-state index contributed by atoms with van der Waals surface area (Å²) in [5.41, 5.74) is 0. The van der Waals surface area contributed by atoms with Gasteiger partial charge in [0.1, 0.15) is 0 Å². The summed E-state index contributed by atoms with van der Waals surface area (Å²) >= 11 is 3.33. The number of hydrogen-bond donors (Lipinski definition) is 0. The Hall–Kier alpha value is -0.0500. The van der Waals surface area contributed by atoms with Gasteiger partial charge in [-0.25, -0.2) is 0 Å². The van der Waals surface area contributed by atoms with Crippen LogP contribution in [0.15, 0.2) is 0 Å². The Morgan fingerprint density at radius 1 is 1.23 bits per heavy atom. The Kier molecular flexibility index (Phi) is 6.39. The van der Waals surface area contributed by atoms with Gasteiger partial charge in [-0.3, -0.25) is 4.79 Å². The first-order chi connectivity index (χ1) is 6.00. The first kappa shape index (κ1) is 12.9. The molecular formula is C10H20BrNO. The maximum Gasteiger partial charge on any atom is 0.223 e. The number of alkyl halides is 1. The molecule has 0 atom stereocenters. The van der Waals surface area contributed by atoms with E-state index in [0.29, 0.717) is 18.5 Å². The van der Waals surface area contributed by atoms with Gasteiger partial charge in [0.05, 0.1) is 0 Å². The number of halogens is 1. The molecule has 0 N–H and O–H groups in total. The van der Waals surface area contributed by atoms with Gasteiger partial charge in [0.25, 0.3) is 0 Å². The molecule has 0 bridgehead atoms. The molecule has 0 fully saturated rings. The molecule has 0 spiro atoms. The number of carbonyl (C=O) groups excluding carboxylic acids is 1.